The molecule has 0 aliphatic heterocycles. The van der Waals surface area contributed by atoms with E-state index in [-0.39, 0.29) is 17.1 Å². The normalized spacial score (nSPS) is 13.4. The zero-order valence-electron chi connectivity index (χ0n) is 12.3. The van der Waals surface area contributed by atoms with Crippen LogP contribution in [0.5, 0.6) is 0 Å². The van der Waals surface area contributed by atoms with Crippen LogP contribution < -0.4 is 5.32 Å². The summed E-state index contributed by atoms with van der Waals surface area (Å²) in [5.41, 5.74) is 0.476. The first-order valence-corrected chi connectivity index (χ1v) is 6.68. The maximum atomic E-state index is 13.6. The van der Waals surface area contributed by atoms with Gasteiger partial charge in [0.15, 0.2) is 0 Å². The number of benzene rings is 1. The zero-order chi connectivity index (χ0) is 14.8. The maximum Gasteiger partial charge on any atom is 0.250 e. The van der Waals surface area contributed by atoms with Gasteiger partial charge in [-0.3, -0.25) is 0 Å². The Balaban J connectivity index is 2.05. The molecule has 20 heavy (non-hydrogen) atoms. The Morgan fingerprint density at radius 3 is 2.60 bits per heavy atom. The van der Waals surface area contributed by atoms with Gasteiger partial charge in [0, 0.05) is 6.04 Å². The van der Waals surface area contributed by atoms with E-state index < -0.39 is 0 Å². The van der Waals surface area contributed by atoms with Crippen molar-refractivity contribution in [3.05, 3.63) is 36.0 Å². The van der Waals surface area contributed by atoms with E-state index in [1.807, 2.05) is 0 Å². The highest BCUT2D eigenvalue weighted by Gasteiger charge is 2.20. The lowest BCUT2D eigenvalue weighted by Crippen LogP contribution is -2.37. The minimum Gasteiger partial charge on any atom is -0.419 e. The lowest BCUT2D eigenvalue weighted by Gasteiger charge is -2.27. The van der Waals surface area contributed by atoms with Crippen molar-refractivity contribution in [1.82, 2.24) is 15.5 Å². The van der Waals surface area contributed by atoms with E-state index in [2.05, 4.69) is 43.2 Å². The Kier molecular flexibility index (Phi) is 4.18. The molecule has 0 bridgehead atoms. The van der Waals surface area contributed by atoms with Gasteiger partial charge in [0.05, 0.1) is 12.1 Å². The molecule has 0 fully saturated rings. The van der Waals surface area contributed by atoms with Crippen molar-refractivity contribution in [1.29, 1.82) is 0 Å². The summed E-state index contributed by atoms with van der Waals surface area (Å²) in [5.74, 6) is 0.307. The molecule has 0 amide bonds. The van der Waals surface area contributed by atoms with Crippen LogP contribution in [0.15, 0.2) is 28.7 Å². The Hall–Kier alpha value is -1.75. The summed E-state index contributed by atoms with van der Waals surface area (Å²) in [4.78, 5) is 0. The molecular weight excluding hydrogens is 257 g/mol. The molecule has 5 heteroatoms. The molecule has 0 radical (unpaired) electrons. The molecule has 0 aliphatic rings. The lowest BCUT2D eigenvalue weighted by atomic mass is 9.88. The van der Waals surface area contributed by atoms with Crippen LogP contribution in [0.2, 0.25) is 0 Å². The van der Waals surface area contributed by atoms with Crippen LogP contribution in [0.3, 0.4) is 0 Å². The zero-order valence-corrected chi connectivity index (χ0v) is 12.3. The van der Waals surface area contributed by atoms with Gasteiger partial charge in [-0.05, 0) is 24.5 Å². The predicted molar refractivity (Wildman–Crippen MR) is 75.4 cm³/mol. The van der Waals surface area contributed by atoms with E-state index in [0.29, 0.717) is 24.0 Å². The second kappa shape index (κ2) is 5.71. The number of hydrogen-bond donors (Lipinski definition) is 1. The quantitative estimate of drug-likeness (QED) is 0.930. The van der Waals surface area contributed by atoms with Gasteiger partial charge in [0.25, 0.3) is 5.89 Å². The first kappa shape index (κ1) is 14.7. The molecule has 4 nitrogen and oxygen atoms in total. The van der Waals surface area contributed by atoms with E-state index in [1.54, 1.807) is 18.2 Å². The number of hydrogen-bond acceptors (Lipinski definition) is 4. The average Bonchev–Trinajstić information content (AvgIpc) is 2.84. The smallest absolute Gasteiger partial charge is 0.250 e. The number of nitrogens with one attached hydrogen (secondary N) is 1. The summed E-state index contributed by atoms with van der Waals surface area (Å²) in [6.45, 7) is 9.05. The topological polar surface area (TPSA) is 51.0 Å². The fraction of sp³-hybridized carbons (Fsp3) is 0.467. The Morgan fingerprint density at radius 2 is 1.95 bits per heavy atom. The van der Waals surface area contributed by atoms with E-state index in [1.165, 1.54) is 6.07 Å². The molecule has 1 N–H and O–H groups in total. The predicted octanol–water partition coefficient (Wildman–Crippen LogP) is 3.40. The molecular formula is C15H20FN3O. The van der Waals surface area contributed by atoms with Crippen molar-refractivity contribution in [2.45, 2.75) is 40.3 Å². The molecule has 108 valence electrons. The molecule has 0 saturated heterocycles. The van der Waals surface area contributed by atoms with Crippen molar-refractivity contribution < 1.29 is 8.81 Å². The molecule has 0 spiro atoms. The van der Waals surface area contributed by atoms with Crippen molar-refractivity contribution in [2.75, 3.05) is 0 Å². The molecule has 1 aromatic heterocycles. The Labute approximate surface area is 118 Å². The maximum absolute atomic E-state index is 13.6. The van der Waals surface area contributed by atoms with Crippen molar-refractivity contribution in [3.63, 3.8) is 0 Å². The first-order chi connectivity index (χ1) is 9.38. The van der Waals surface area contributed by atoms with Gasteiger partial charge in [-0.25, -0.2) is 4.39 Å². The van der Waals surface area contributed by atoms with Crippen LogP contribution in [0, 0.1) is 11.2 Å². The van der Waals surface area contributed by atoms with E-state index in [4.69, 9.17) is 4.42 Å². The molecule has 2 rings (SSSR count). The molecule has 2 aromatic rings. The molecule has 0 saturated carbocycles. The van der Waals surface area contributed by atoms with Crippen LogP contribution >= 0.6 is 0 Å². The molecule has 1 aromatic carbocycles. The molecule has 0 aliphatic carbocycles. The van der Waals surface area contributed by atoms with Gasteiger partial charge in [-0.15, -0.1) is 10.2 Å². The fourth-order valence-corrected chi connectivity index (χ4v) is 1.62. The summed E-state index contributed by atoms with van der Waals surface area (Å²) in [6.07, 6.45) is 0. The Bertz CT molecular complexity index is 574. The number of halogens is 1. The van der Waals surface area contributed by atoms with Crippen LogP contribution in [-0.4, -0.2) is 16.2 Å². The first-order valence-electron chi connectivity index (χ1n) is 6.68. The van der Waals surface area contributed by atoms with Crippen molar-refractivity contribution in [2.24, 2.45) is 5.41 Å². The number of aromatic nitrogens is 2. The summed E-state index contributed by atoms with van der Waals surface area (Å²) in [7, 11) is 0. The minimum atomic E-state index is -0.362. The van der Waals surface area contributed by atoms with Crippen molar-refractivity contribution >= 4 is 0 Å². The highest BCUT2D eigenvalue weighted by atomic mass is 19.1. The monoisotopic (exact) mass is 277 g/mol. The van der Waals surface area contributed by atoms with Gasteiger partial charge < -0.3 is 9.73 Å². The van der Waals surface area contributed by atoms with Crippen molar-refractivity contribution in [3.8, 4) is 11.5 Å². The van der Waals surface area contributed by atoms with Crippen LogP contribution in [0.1, 0.15) is 33.6 Å². The molecule has 1 unspecified atom stereocenters. The standard InChI is InChI=1S/C15H20FN3O/c1-10(15(2,3)4)17-9-13-18-19-14(20-13)11-7-5-6-8-12(11)16/h5-8,10,17H,9H2,1-4H3. The lowest BCUT2D eigenvalue weighted by molar-refractivity contribution is 0.277. The summed E-state index contributed by atoms with van der Waals surface area (Å²) in [5, 5.41) is 11.2. The largest absolute Gasteiger partial charge is 0.419 e. The van der Waals surface area contributed by atoms with Gasteiger partial charge in [-0.2, -0.15) is 0 Å². The van der Waals surface area contributed by atoms with Crippen LogP contribution in [0.4, 0.5) is 4.39 Å². The third-order valence-corrected chi connectivity index (χ3v) is 3.43. The average molecular weight is 277 g/mol. The van der Waals surface area contributed by atoms with Gasteiger partial charge in [0.1, 0.15) is 5.82 Å². The van der Waals surface area contributed by atoms with Crippen LogP contribution in [0.25, 0.3) is 11.5 Å². The van der Waals surface area contributed by atoms with E-state index >= 15 is 0 Å². The van der Waals surface area contributed by atoms with Gasteiger partial charge in [0.2, 0.25) is 5.89 Å². The van der Waals surface area contributed by atoms with Gasteiger partial charge >= 0.3 is 0 Å². The second-order valence-electron chi connectivity index (χ2n) is 5.95. The van der Waals surface area contributed by atoms with Gasteiger partial charge in [-0.1, -0.05) is 32.9 Å². The summed E-state index contributed by atoms with van der Waals surface area (Å²) in [6, 6.07) is 6.66. The highest BCUT2D eigenvalue weighted by Crippen LogP contribution is 2.22. The highest BCUT2D eigenvalue weighted by molar-refractivity contribution is 5.53. The molecule has 1 heterocycles. The molecule has 1 atom stereocenters. The Morgan fingerprint density at radius 1 is 1.25 bits per heavy atom. The van der Waals surface area contributed by atoms with E-state index in [9.17, 15) is 4.39 Å². The number of rotatable bonds is 4. The van der Waals surface area contributed by atoms with E-state index in [0.717, 1.165) is 0 Å². The summed E-state index contributed by atoms with van der Waals surface area (Å²) >= 11 is 0. The SMILES string of the molecule is CC(NCc1nnc(-c2ccccc2F)o1)C(C)(C)C. The third kappa shape index (κ3) is 3.42. The number of nitrogens with zero attached hydrogens (tertiary/aromatic N) is 2. The third-order valence-electron chi connectivity index (χ3n) is 3.43. The second-order valence-corrected chi connectivity index (χ2v) is 5.95. The minimum absolute atomic E-state index is 0.147. The summed E-state index contributed by atoms with van der Waals surface area (Å²) < 4.78 is 19.1. The van der Waals surface area contributed by atoms with Crippen LogP contribution in [-0.2, 0) is 6.54 Å². The fourth-order valence-electron chi connectivity index (χ4n) is 1.62.